The van der Waals surface area contributed by atoms with Crippen LogP contribution in [-0.4, -0.2) is 45.4 Å². The van der Waals surface area contributed by atoms with Crippen molar-refractivity contribution >= 4 is 17.6 Å². The second-order valence-corrected chi connectivity index (χ2v) is 4.59. The summed E-state index contributed by atoms with van der Waals surface area (Å²) in [6, 6.07) is 4.76. The van der Waals surface area contributed by atoms with Crippen LogP contribution >= 0.6 is 0 Å². The predicted octanol–water partition coefficient (Wildman–Crippen LogP) is 0.595. The highest BCUT2D eigenvalue weighted by Gasteiger charge is 2.48. The maximum absolute atomic E-state index is 11.8. The number of carbonyl (C=O) groups excluding carboxylic acids is 2. The Morgan fingerprint density at radius 1 is 1.15 bits per heavy atom. The van der Waals surface area contributed by atoms with Gasteiger partial charge in [-0.3, -0.25) is 0 Å². The van der Waals surface area contributed by atoms with Crippen LogP contribution in [0, 0.1) is 6.92 Å². The molecule has 0 aromatic heterocycles. The van der Waals surface area contributed by atoms with Gasteiger partial charge < -0.3 is 19.5 Å². The Kier molecular flexibility index (Phi) is 4.73. The van der Waals surface area contributed by atoms with Crippen LogP contribution in [0.1, 0.15) is 11.1 Å². The molecule has 0 atom stereocenters. The number of ether oxygens (including phenoxy) is 2. The Bertz CT molecular complexity index is 508. The molecular formula is C14H19NO5. The van der Waals surface area contributed by atoms with E-state index in [1.165, 1.54) is 6.07 Å². The van der Waals surface area contributed by atoms with Crippen LogP contribution < -0.4 is 4.90 Å². The molecule has 0 aliphatic carbocycles. The number of aliphatic hydroxyl groups is 1. The number of esters is 2. The molecule has 1 aromatic rings. The van der Waals surface area contributed by atoms with Gasteiger partial charge in [-0.15, -0.1) is 0 Å². The molecule has 6 nitrogen and oxygen atoms in total. The SMILES string of the molecule is COC(=O)C(O)(C(=O)OC)c1ccc(N(C)C)c(C)c1. The van der Waals surface area contributed by atoms with Crippen LogP contribution in [-0.2, 0) is 24.7 Å². The van der Waals surface area contributed by atoms with Gasteiger partial charge in [0.25, 0.3) is 5.60 Å². The van der Waals surface area contributed by atoms with Crippen molar-refractivity contribution in [3.05, 3.63) is 29.3 Å². The molecule has 0 bridgehead atoms. The van der Waals surface area contributed by atoms with E-state index in [0.29, 0.717) is 0 Å². The Morgan fingerprint density at radius 2 is 1.65 bits per heavy atom. The number of anilines is 1. The van der Waals surface area contributed by atoms with Gasteiger partial charge in [0.2, 0.25) is 0 Å². The highest BCUT2D eigenvalue weighted by Crippen LogP contribution is 2.29. The van der Waals surface area contributed by atoms with Crippen LogP contribution in [0.15, 0.2) is 18.2 Å². The quantitative estimate of drug-likeness (QED) is 0.643. The minimum absolute atomic E-state index is 0.110. The van der Waals surface area contributed by atoms with Crippen LogP contribution in [0.5, 0.6) is 0 Å². The molecule has 1 aromatic carbocycles. The van der Waals surface area contributed by atoms with Crippen molar-refractivity contribution in [3.8, 4) is 0 Å². The number of benzene rings is 1. The molecule has 0 amide bonds. The van der Waals surface area contributed by atoms with Crippen molar-refractivity contribution in [2.45, 2.75) is 12.5 Å². The van der Waals surface area contributed by atoms with Gasteiger partial charge in [-0.1, -0.05) is 6.07 Å². The number of methoxy groups -OCH3 is 2. The van der Waals surface area contributed by atoms with E-state index in [-0.39, 0.29) is 5.56 Å². The first-order valence-electron chi connectivity index (χ1n) is 5.96. The fourth-order valence-corrected chi connectivity index (χ4v) is 2.00. The summed E-state index contributed by atoms with van der Waals surface area (Å²) in [5.41, 5.74) is -0.636. The lowest BCUT2D eigenvalue weighted by atomic mass is 9.92. The first-order valence-corrected chi connectivity index (χ1v) is 5.96. The van der Waals surface area contributed by atoms with Gasteiger partial charge in [0.05, 0.1) is 14.2 Å². The highest BCUT2D eigenvalue weighted by molar-refractivity contribution is 6.04. The zero-order valence-electron chi connectivity index (χ0n) is 12.3. The molecule has 1 rings (SSSR count). The van der Waals surface area contributed by atoms with Crippen LogP contribution in [0.2, 0.25) is 0 Å². The van der Waals surface area contributed by atoms with E-state index in [1.807, 2.05) is 25.9 Å². The number of nitrogens with zero attached hydrogens (tertiary/aromatic N) is 1. The van der Waals surface area contributed by atoms with Gasteiger partial charge in [-0.2, -0.15) is 0 Å². The molecule has 0 fully saturated rings. The van der Waals surface area contributed by atoms with Gasteiger partial charge >= 0.3 is 11.9 Å². The molecule has 0 saturated heterocycles. The average Bonchev–Trinajstić information content (AvgIpc) is 2.43. The van der Waals surface area contributed by atoms with Gasteiger partial charge in [0, 0.05) is 25.3 Å². The topological polar surface area (TPSA) is 76.1 Å². The number of rotatable bonds is 4. The molecule has 0 aliphatic rings. The monoisotopic (exact) mass is 281 g/mol. The molecule has 20 heavy (non-hydrogen) atoms. The first kappa shape index (κ1) is 16.0. The molecule has 6 heteroatoms. The average molecular weight is 281 g/mol. The minimum atomic E-state index is -2.46. The van der Waals surface area contributed by atoms with E-state index >= 15 is 0 Å². The van der Waals surface area contributed by atoms with E-state index < -0.39 is 17.5 Å². The third-order valence-electron chi connectivity index (χ3n) is 3.06. The summed E-state index contributed by atoms with van der Waals surface area (Å²) >= 11 is 0. The Morgan fingerprint density at radius 3 is 2.00 bits per heavy atom. The van der Waals surface area contributed by atoms with Gasteiger partial charge in [0.1, 0.15) is 0 Å². The number of carbonyl (C=O) groups is 2. The number of hydrogen-bond acceptors (Lipinski definition) is 6. The second-order valence-electron chi connectivity index (χ2n) is 4.59. The summed E-state index contributed by atoms with van der Waals surface area (Å²) in [6.45, 7) is 1.81. The Labute approximate surface area is 117 Å². The van der Waals surface area contributed by atoms with Gasteiger partial charge in [0.15, 0.2) is 0 Å². The first-order chi connectivity index (χ1) is 9.28. The number of aryl methyl sites for hydroxylation is 1. The zero-order valence-corrected chi connectivity index (χ0v) is 12.3. The largest absolute Gasteiger partial charge is 0.466 e. The van der Waals surface area contributed by atoms with Crippen molar-refractivity contribution in [3.63, 3.8) is 0 Å². The van der Waals surface area contributed by atoms with Gasteiger partial charge in [-0.05, 0) is 24.6 Å². The van der Waals surface area contributed by atoms with Crippen molar-refractivity contribution in [1.82, 2.24) is 0 Å². The molecule has 0 radical (unpaired) electrons. The second kappa shape index (κ2) is 5.92. The molecule has 0 saturated carbocycles. The molecule has 1 N–H and O–H groups in total. The minimum Gasteiger partial charge on any atom is -0.466 e. The summed E-state index contributed by atoms with van der Waals surface area (Å²) in [5.74, 6) is -2.16. The fraction of sp³-hybridized carbons (Fsp3) is 0.429. The van der Waals surface area contributed by atoms with E-state index in [0.717, 1.165) is 25.5 Å². The Hall–Kier alpha value is -2.08. The van der Waals surface area contributed by atoms with E-state index in [2.05, 4.69) is 9.47 Å². The van der Waals surface area contributed by atoms with Crippen molar-refractivity contribution < 1.29 is 24.2 Å². The molecule has 110 valence electrons. The van der Waals surface area contributed by atoms with Gasteiger partial charge in [-0.25, -0.2) is 9.59 Å². The molecule has 0 aliphatic heterocycles. The summed E-state index contributed by atoms with van der Waals surface area (Å²) in [5, 5.41) is 10.4. The molecule has 0 heterocycles. The van der Waals surface area contributed by atoms with Crippen LogP contribution in [0.25, 0.3) is 0 Å². The summed E-state index contributed by atoms with van der Waals surface area (Å²) in [6.07, 6.45) is 0. The lowest BCUT2D eigenvalue weighted by Gasteiger charge is -2.24. The molecular weight excluding hydrogens is 262 g/mol. The number of hydrogen-bond donors (Lipinski definition) is 1. The third kappa shape index (κ3) is 2.60. The molecule has 0 unspecified atom stereocenters. The Balaban J connectivity index is 3.40. The van der Waals surface area contributed by atoms with Crippen molar-refractivity contribution in [1.29, 1.82) is 0 Å². The van der Waals surface area contributed by atoms with E-state index in [9.17, 15) is 14.7 Å². The van der Waals surface area contributed by atoms with Crippen molar-refractivity contribution in [2.24, 2.45) is 0 Å². The van der Waals surface area contributed by atoms with E-state index in [1.54, 1.807) is 12.1 Å². The van der Waals surface area contributed by atoms with Crippen LogP contribution in [0.3, 0.4) is 0 Å². The zero-order chi connectivity index (χ0) is 15.5. The lowest BCUT2D eigenvalue weighted by molar-refractivity contribution is -0.181. The fourth-order valence-electron chi connectivity index (χ4n) is 2.00. The summed E-state index contributed by atoms with van der Waals surface area (Å²) in [7, 11) is 5.93. The summed E-state index contributed by atoms with van der Waals surface area (Å²) < 4.78 is 9.02. The normalized spacial score (nSPS) is 10.9. The smallest absolute Gasteiger partial charge is 0.354 e. The maximum Gasteiger partial charge on any atom is 0.354 e. The summed E-state index contributed by atoms with van der Waals surface area (Å²) in [4.78, 5) is 25.4. The molecule has 0 spiro atoms. The highest BCUT2D eigenvalue weighted by atomic mass is 16.6. The van der Waals surface area contributed by atoms with E-state index in [4.69, 9.17) is 0 Å². The lowest BCUT2D eigenvalue weighted by Crippen LogP contribution is -2.45. The van der Waals surface area contributed by atoms with Crippen LogP contribution in [0.4, 0.5) is 5.69 Å². The third-order valence-corrected chi connectivity index (χ3v) is 3.06. The van der Waals surface area contributed by atoms with Crippen molar-refractivity contribution in [2.75, 3.05) is 33.2 Å². The predicted molar refractivity (Wildman–Crippen MR) is 73.4 cm³/mol. The standard InChI is InChI=1S/C14H19NO5/c1-9-8-10(6-7-11(9)15(2)3)14(18,12(16)19-4)13(17)20-5/h6-8,18H,1-5H3. The maximum atomic E-state index is 11.8.